The van der Waals surface area contributed by atoms with Crippen LogP contribution in [0.25, 0.3) is 0 Å². The predicted molar refractivity (Wildman–Crippen MR) is 62.4 cm³/mol. The average Bonchev–Trinajstić information content (AvgIpc) is 2.28. The zero-order valence-electron chi connectivity index (χ0n) is 9.55. The van der Waals surface area contributed by atoms with Gasteiger partial charge in [0.15, 0.2) is 0 Å². The maximum atomic E-state index is 13.1. The highest BCUT2D eigenvalue weighted by atomic mass is 19.1. The Bertz CT molecular complexity index is 599. The Morgan fingerprint density at radius 1 is 1.33 bits per heavy atom. The standard InChI is InChI=1S/C13H10FNO3/c1-8-3-2-4-12(15-8)18-11-7-9(14)5-6-10(11)13(16)17/h2-7H,1H3,(H,16,17). The van der Waals surface area contributed by atoms with Gasteiger partial charge in [-0.2, -0.15) is 0 Å². The summed E-state index contributed by atoms with van der Waals surface area (Å²) in [7, 11) is 0. The molecule has 2 aromatic rings. The van der Waals surface area contributed by atoms with Gasteiger partial charge in [0.25, 0.3) is 0 Å². The number of halogens is 1. The lowest BCUT2D eigenvalue weighted by atomic mass is 10.2. The third-order valence-corrected chi connectivity index (χ3v) is 2.25. The largest absolute Gasteiger partial charge is 0.478 e. The number of aromatic nitrogens is 1. The molecule has 0 saturated heterocycles. The Labute approximate surface area is 103 Å². The van der Waals surface area contributed by atoms with E-state index in [9.17, 15) is 9.18 Å². The predicted octanol–water partition coefficient (Wildman–Crippen LogP) is 3.02. The molecule has 0 radical (unpaired) electrons. The summed E-state index contributed by atoms with van der Waals surface area (Å²) in [5.41, 5.74) is 0.612. The summed E-state index contributed by atoms with van der Waals surface area (Å²) < 4.78 is 18.4. The van der Waals surface area contributed by atoms with Gasteiger partial charge < -0.3 is 9.84 Å². The van der Waals surface area contributed by atoms with Gasteiger partial charge in [0.1, 0.15) is 17.1 Å². The fraction of sp³-hybridized carbons (Fsp3) is 0.0769. The first-order valence-electron chi connectivity index (χ1n) is 5.20. The Balaban J connectivity index is 2.39. The number of benzene rings is 1. The number of aromatic carboxylic acids is 1. The molecule has 0 aliphatic carbocycles. The van der Waals surface area contributed by atoms with Gasteiger partial charge in [0, 0.05) is 17.8 Å². The fourth-order valence-electron chi connectivity index (χ4n) is 1.44. The summed E-state index contributed by atoms with van der Waals surface area (Å²) in [6, 6.07) is 8.31. The Hall–Kier alpha value is -2.43. The highest BCUT2D eigenvalue weighted by molar-refractivity contribution is 5.90. The second kappa shape index (κ2) is 4.83. The van der Waals surface area contributed by atoms with Crippen LogP contribution < -0.4 is 4.74 Å². The van der Waals surface area contributed by atoms with Crippen molar-refractivity contribution >= 4 is 5.97 Å². The van der Waals surface area contributed by atoms with E-state index in [-0.39, 0.29) is 17.2 Å². The summed E-state index contributed by atoms with van der Waals surface area (Å²) in [5, 5.41) is 8.97. The second-order valence-electron chi connectivity index (χ2n) is 3.66. The van der Waals surface area contributed by atoms with Crippen molar-refractivity contribution in [3.05, 3.63) is 53.5 Å². The van der Waals surface area contributed by atoms with Crippen LogP contribution in [-0.2, 0) is 0 Å². The number of rotatable bonds is 3. The summed E-state index contributed by atoms with van der Waals surface area (Å²) >= 11 is 0. The van der Waals surface area contributed by atoms with Crippen molar-refractivity contribution in [1.82, 2.24) is 4.98 Å². The number of carboxylic acid groups (broad SMARTS) is 1. The molecule has 1 aromatic heterocycles. The summed E-state index contributed by atoms with van der Waals surface area (Å²) in [6.45, 7) is 1.77. The smallest absolute Gasteiger partial charge is 0.339 e. The van der Waals surface area contributed by atoms with Crippen LogP contribution in [0.15, 0.2) is 36.4 Å². The molecular weight excluding hydrogens is 237 g/mol. The molecular formula is C13H10FNO3. The molecule has 4 nitrogen and oxygen atoms in total. The first-order valence-corrected chi connectivity index (χ1v) is 5.20. The maximum absolute atomic E-state index is 13.1. The van der Waals surface area contributed by atoms with E-state index in [1.165, 1.54) is 0 Å². The molecule has 0 bridgehead atoms. The lowest BCUT2D eigenvalue weighted by Gasteiger charge is -2.08. The lowest BCUT2D eigenvalue weighted by molar-refractivity contribution is 0.0694. The van der Waals surface area contributed by atoms with E-state index in [2.05, 4.69) is 4.98 Å². The lowest BCUT2D eigenvalue weighted by Crippen LogP contribution is -2.01. The van der Waals surface area contributed by atoms with Crippen LogP contribution >= 0.6 is 0 Å². The summed E-state index contributed by atoms with van der Waals surface area (Å²) in [4.78, 5) is 15.0. The molecule has 0 atom stereocenters. The molecule has 0 unspecified atom stereocenters. The number of aryl methyl sites for hydroxylation is 1. The van der Waals surface area contributed by atoms with E-state index < -0.39 is 11.8 Å². The third kappa shape index (κ3) is 2.63. The van der Waals surface area contributed by atoms with Crippen molar-refractivity contribution in [2.75, 3.05) is 0 Å². The number of nitrogens with zero attached hydrogens (tertiary/aromatic N) is 1. The topological polar surface area (TPSA) is 59.4 Å². The van der Waals surface area contributed by atoms with E-state index in [1.807, 2.05) is 0 Å². The molecule has 1 heterocycles. The molecule has 1 N–H and O–H groups in total. The number of pyridine rings is 1. The van der Waals surface area contributed by atoms with Crippen molar-refractivity contribution in [1.29, 1.82) is 0 Å². The SMILES string of the molecule is Cc1cccc(Oc2cc(F)ccc2C(=O)O)n1. The van der Waals surface area contributed by atoms with Crippen LogP contribution in [-0.4, -0.2) is 16.1 Å². The highest BCUT2D eigenvalue weighted by Gasteiger charge is 2.13. The van der Waals surface area contributed by atoms with Crippen LogP contribution in [0.5, 0.6) is 11.6 Å². The first kappa shape index (κ1) is 12.0. The van der Waals surface area contributed by atoms with Crippen molar-refractivity contribution in [3.8, 4) is 11.6 Å². The van der Waals surface area contributed by atoms with Crippen molar-refractivity contribution in [2.45, 2.75) is 6.92 Å². The zero-order valence-corrected chi connectivity index (χ0v) is 9.55. The minimum absolute atomic E-state index is 0.0689. The molecule has 1 aromatic carbocycles. The van der Waals surface area contributed by atoms with E-state index in [4.69, 9.17) is 9.84 Å². The molecule has 0 amide bonds. The Kier molecular flexibility index (Phi) is 3.23. The van der Waals surface area contributed by atoms with E-state index in [0.29, 0.717) is 0 Å². The number of carbonyl (C=O) groups is 1. The van der Waals surface area contributed by atoms with Crippen LogP contribution in [0.2, 0.25) is 0 Å². The van der Waals surface area contributed by atoms with E-state index in [1.54, 1.807) is 25.1 Å². The van der Waals surface area contributed by atoms with Gasteiger partial charge >= 0.3 is 5.97 Å². The molecule has 0 fully saturated rings. The minimum atomic E-state index is -1.18. The van der Waals surface area contributed by atoms with Gasteiger partial charge in [-0.3, -0.25) is 0 Å². The molecule has 5 heteroatoms. The third-order valence-electron chi connectivity index (χ3n) is 2.25. The van der Waals surface area contributed by atoms with Crippen LogP contribution in [0.3, 0.4) is 0 Å². The van der Waals surface area contributed by atoms with Gasteiger partial charge in [0.05, 0.1) is 0 Å². The first-order chi connectivity index (χ1) is 8.56. The number of hydrogen-bond acceptors (Lipinski definition) is 3. The monoisotopic (exact) mass is 247 g/mol. The molecule has 0 aliphatic rings. The Morgan fingerprint density at radius 2 is 2.11 bits per heavy atom. The highest BCUT2D eigenvalue weighted by Crippen LogP contribution is 2.25. The molecule has 0 aliphatic heterocycles. The van der Waals surface area contributed by atoms with E-state index >= 15 is 0 Å². The molecule has 18 heavy (non-hydrogen) atoms. The van der Waals surface area contributed by atoms with Crippen molar-refractivity contribution in [2.24, 2.45) is 0 Å². The van der Waals surface area contributed by atoms with Crippen molar-refractivity contribution < 1.29 is 19.0 Å². The van der Waals surface area contributed by atoms with Gasteiger partial charge in [0.2, 0.25) is 5.88 Å². The molecule has 0 saturated carbocycles. The van der Waals surface area contributed by atoms with Gasteiger partial charge in [-0.25, -0.2) is 14.2 Å². The van der Waals surface area contributed by atoms with Crippen LogP contribution in [0.1, 0.15) is 16.1 Å². The van der Waals surface area contributed by atoms with Gasteiger partial charge in [-0.1, -0.05) is 6.07 Å². The Morgan fingerprint density at radius 3 is 2.78 bits per heavy atom. The summed E-state index contributed by atoms with van der Waals surface area (Å²) in [6.07, 6.45) is 0. The fourth-order valence-corrected chi connectivity index (χ4v) is 1.44. The minimum Gasteiger partial charge on any atom is -0.478 e. The number of ether oxygens (including phenoxy) is 1. The number of hydrogen-bond donors (Lipinski definition) is 1. The molecule has 2 rings (SSSR count). The quantitative estimate of drug-likeness (QED) is 0.905. The van der Waals surface area contributed by atoms with Gasteiger partial charge in [-0.15, -0.1) is 0 Å². The average molecular weight is 247 g/mol. The molecule has 0 spiro atoms. The maximum Gasteiger partial charge on any atom is 0.339 e. The van der Waals surface area contributed by atoms with Crippen molar-refractivity contribution in [3.63, 3.8) is 0 Å². The number of carboxylic acids is 1. The van der Waals surface area contributed by atoms with Crippen LogP contribution in [0.4, 0.5) is 4.39 Å². The molecule has 92 valence electrons. The van der Waals surface area contributed by atoms with E-state index in [0.717, 1.165) is 23.9 Å². The summed E-state index contributed by atoms with van der Waals surface area (Å²) in [5.74, 6) is -1.59. The normalized spacial score (nSPS) is 10.1. The second-order valence-corrected chi connectivity index (χ2v) is 3.66. The van der Waals surface area contributed by atoms with Crippen LogP contribution in [0, 0.1) is 12.7 Å². The zero-order chi connectivity index (χ0) is 13.1. The van der Waals surface area contributed by atoms with Gasteiger partial charge in [-0.05, 0) is 25.1 Å².